The number of rotatable bonds is 58. The van der Waals surface area contributed by atoms with Gasteiger partial charge in [-0.3, -0.25) is 14.4 Å². The molecule has 1 atom stereocenters. The zero-order valence-electron chi connectivity index (χ0n) is 48.2. The van der Waals surface area contributed by atoms with Crippen LogP contribution in [0.2, 0.25) is 0 Å². The summed E-state index contributed by atoms with van der Waals surface area (Å²) in [7, 11) is 0. The van der Waals surface area contributed by atoms with Crippen LogP contribution in [0.5, 0.6) is 0 Å². The van der Waals surface area contributed by atoms with Crippen molar-refractivity contribution in [1.82, 2.24) is 0 Å². The highest BCUT2D eigenvalue weighted by Gasteiger charge is 2.19. The van der Waals surface area contributed by atoms with Gasteiger partial charge in [0.15, 0.2) is 6.10 Å². The Labute approximate surface area is 448 Å². The molecule has 0 aromatic heterocycles. The molecule has 0 rings (SSSR count). The van der Waals surface area contributed by atoms with Crippen LogP contribution in [0.25, 0.3) is 0 Å². The van der Waals surface area contributed by atoms with Gasteiger partial charge < -0.3 is 14.2 Å². The van der Waals surface area contributed by atoms with Gasteiger partial charge in [-0.25, -0.2) is 0 Å². The van der Waals surface area contributed by atoms with Crippen molar-refractivity contribution < 1.29 is 28.6 Å². The number of hydrogen-bond donors (Lipinski definition) is 0. The predicted molar refractivity (Wildman–Crippen MR) is 312 cm³/mol. The SMILES string of the molecule is CCCCCC/C=C\C/C=C\CCCCCCCCCC(=O)OC(COC(=O)CCCCCCC)COC(=O)CCCCCCCCCCCCCCCCCCCCC/C=C\C/C=C\CCCCCCC. The van der Waals surface area contributed by atoms with Crippen molar-refractivity contribution in [2.45, 2.75) is 341 Å². The maximum absolute atomic E-state index is 12.8. The van der Waals surface area contributed by atoms with Crippen LogP contribution in [-0.4, -0.2) is 37.2 Å². The smallest absolute Gasteiger partial charge is 0.306 e. The molecule has 0 heterocycles. The molecule has 0 aliphatic heterocycles. The zero-order chi connectivity index (χ0) is 52.2. The fourth-order valence-electron chi connectivity index (χ4n) is 9.27. The van der Waals surface area contributed by atoms with Gasteiger partial charge in [0.05, 0.1) is 0 Å². The summed E-state index contributed by atoms with van der Waals surface area (Å²) in [5.74, 6) is -0.880. The molecule has 0 amide bonds. The molecular formula is C66H120O6. The molecule has 420 valence electrons. The largest absolute Gasteiger partial charge is 0.462 e. The first-order valence-electron chi connectivity index (χ1n) is 31.6. The molecular weight excluding hydrogens is 889 g/mol. The van der Waals surface area contributed by atoms with Gasteiger partial charge in [-0.1, -0.05) is 281 Å². The summed E-state index contributed by atoms with van der Waals surface area (Å²) in [6.07, 6.45) is 76.0. The highest BCUT2D eigenvalue weighted by Crippen LogP contribution is 2.17. The zero-order valence-corrected chi connectivity index (χ0v) is 48.2. The summed E-state index contributed by atoms with van der Waals surface area (Å²) >= 11 is 0. The first kappa shape index (κ1) is 69.4. The van der Waals surface area contributed by atoms with Crippen LogP contribution in [0.1, 0.15) is 335 Å². The number of esters is 3. The third-order valence-electron chi connectivity index (χ3n) is 14.1. The van der Waals surface area contributed by atoms with Crippen molar-refractivity contribution in [1.29, 1.82) is 0 Å². The van der Waals surface area contributed by atoms with Crippen LogP contribution in [0, 0.1) is 0 Å². The van der Waals surface area contributed by atoms with Gasteiger partial charge in [0.1, 0.15) is 13.2 Å². The number of unbranched alkanes of at least 4 members (excludes halogenated alkanes) is 39. The van der Waals surface area contributed by atoms with E-state index in [4.69, 9.17) is 14.2 Å². The number of carbonyl (C=O) groups excluding carboxylic acids is 3. The van der Waals surface area contributed by atoms with E-state index < -0.39 is 6.10 Å². The van der Waals surface area contributed by atoms with Crippen molar-refractivity contribution in [3.05, 3.63) is 48.6 Å². The van der Waals surface area contributed by atoms with Crippen LogP contribution < -0.4 is 0 Å². The number of carbonyl (C=O) groups is 3. The second kappa shape index (κ2) is 60.9. The predicted octanol–water partition coefficient (Wildman–Crippen LogP) is 21.4. The average molecular weight is 1010 g/mol. The fraction of sp³-hybridized carbons (Fsp3) is 0.833. The van der Waals surface area contributed by atoms with Gasteiger partial charge in [0, 0.05) is 19.3 Å². The summed E-state index contributed by atoms with van der Waals surface area (Å²) in [6.45, 7) is 6.56. The van der Waals surface area contributed by atoms with E-state index in [1.54, 1.807) is 0 Å². The van der Waals surface area contributed by atoms with Gasteiger partial charge in [0.25, 0.3) is 0 Å². The maximum Gasteiger partial charge on any atom is 0.306 e. The molecule has 0 aromatic carbocycles. The minimum atomic E-state index is -0.772. The summed E-state index contributed by atoms with van der Waals surface area (Å²) in [6, 6.07) is 0. The Balaban J connectivity index is 3.95. The number of allylic oxidation sites excluding steroid dienone is 8. The lowest BCUT2D eigenvalue weighted by molar-refractivity contribution is -0.167. The first-order valence-corrected chi connectivity index (χ1v) is 31.6. The standard InChI is InChI=1S/C66H120O6/c1-4-7-10-13-15-17-19-21-23-25-27-28-29-30-31-32-33-34-35-36-37-38-39-41-42-44-46-48-50-53-56-59-65(68)71-62-63(61-70-64(67)58-55-52-12-9-6-3)72-66(69)60-57-54-51-49-47-45-43-40-26-24-22-20-18-16-14-11-8-5-2/h18-21,24-27,63H,4-17,22-23,28-62H2,1-3H3/b20-18-,21-19-,26-24-,27-25-. The van der Waals surface area contributed by atoms with Gasteiger partial charge in [-0.15, -0.1) is 0 Å². The third kappa shape index (κ3) is 58.3. The van der Waals surface area contributed by atoms with Crippen LogP contribution in [0.4, 0.5) is 0 Å². The molecule has 0 aliphatic carbocycles. The lowest BCUT2D eigenvalue weighted by Crippen LogP contribution is -2.30. The molecule has 0 spiro atoms. The van der Waals surface area contributed by atoms with Crippen molar-refractivity contribution in [3.63, 3.8) is 0 Å². The highest BCUT2D eigenvalue weighted by molar-refractivity contribution is 5.71. The van der Waals surface area contributed by atoms with E-state index >= 15 is 0 Å². The van der Waals surface area contributed by atoms with E-state index in [1.165, 1.54) is 212 Å². The molecule has 0 fully saturated rings. The second-order valence-electron chi connectivity index (χ2n) is 21.3. The lowest BCUT2D eigenvalue weighted by Gasteiger charge is -2.18. The van der Waals surface area contributed by atoms with Gasteiger partial charge in [-0.2, -0.15) is 0 Å². The van der Waals surface area contributed by atoms with Crippen LogP contribution in [0.3, 0.4) is 0 Å². The molecule has 0 radical (unpaired) electrons. The fourth-order valence-corrected chi connectivity index (χ4v) is 9.27. The van der Waals surface area contributed by atoms with Crippen molar-refractivity contribution >= 4 is 17.9 Å². The van der Waals surface area contributed by atoms with Crippen molar-refractivity contribution in [3.8, 4) is 0 Å². The van der Waals surface area contributed by atoms with Gasteiger partial charge >= 0.3 is 17.9 Å². The molecule has 0 aromatic rings. The van der Waals surface area contributed by atoms with Crippen LogP contribution in [-0.2, 0) is 28.6 Å². The van der Waals surface area contributed by atoms with Crippen molar-refractivity contribution in [2.24, 2.45) is 0 Å². The summed E-state index contributed by atoms with van der Waals surface area (Å²) in [5.41, 5.74) is 0. The van der Waals surface area contributed by atoms with Gasteiger partial charge in [0.2, 0.25) is 0 Å². The van der Waals surface area contributed by atoms with E-state index in [2.05, 4.69) is 69.4 Å². The molecule has 72 heavy (non-hydrogen) atoms. The van der Waals surface area contributed by atoms with Crippen LogP contribution in [0.15, 0.2) is 48.6 Å². The Kier molecular flexibility index (Phi) is 58.7. The minimum absolute atomic E-state index is 0.0732. The Morgan fingerprint density at radius 3 is 0.778 bits per heavy atom. The molecule has 0 saturated heterocycles. The van der Waals surface area contributed by atoms with E-state index in [9.17, 15) is 14.4 Å². The van der Waals surface area contributed by atoms with E-state index in [-0.39, 0.29) is 31.1 Å². The molecule has 0 aliphatic rings. The maximum atomic E-state index is 12.8. The molecule has 0 saturated carbocycles. The highest BCUT2D eigenvalue weighted by atomic mass is 16.6. The lowest BCUT2D eigenvalue weighted by atomic mass is 10.0. The molecule has 0 N–H and O–H groups in total. The van der Waals surface area contributed by atoms with Crippen LogP contribution >= 0.6 is 0 Å². The molecule has 0 bridgehead atoms. The molecule has 1 unspecified atom stereocenters. The van der Waals surface area contributed by atoms with Crippen molar-refractivity contribution in [2.75, 3.05) is 13.2 Å². The minimum Gasteiger partial charge on any atom is -0.462 e. The van der Waals surface area contributed by atoms with Gasteiger partial charge in [-0.05, 0) is 83.5 Å². The Morgan fingerprint density at radius 1 is 0.278 bits per heavy atom. The second-order valence-corrected chi connectivity index (χ2v) is 21.3. The van der Waals surface area contributed by atoms with E-state index in [1.807, 2.05) is 0 Å². The Bertz CT molecular complexity index is 1250. The topological polar surface area (TPSA) is 78.9 Å². The molecule has 6 heteroatoms. The quantitative estimate of drug-likeness (QED) is 0.0261. The summed E-state index contributed by atoms with van der Waals surface area (Å²) in [5, 5.41) is 0. The monoisotopic (exact) mass is 1010 g/mol. The average Bonchev–Trinajstić information content (AvgIpc) is 3.38. The summed E-state index contributed by atoms with van der Waals surface area (Å²) in [4.78, 5) is 37.9. The molecule has 6 nitrogen and oxygen atoms in total. The Hall–Kier alpha value is -2.63. The van der Waals surface area contributed by atoms with E-state index in [0.29, 0.717) is 19.3 Å². The number of hydrogen-bond acceptors (Lipinski definition) is 6. The first-order chi connectivity index (χ1) is 35.5. The Morgan fingerprint density at radius 2 is 0.500 bits per heavy atom. The number of ether oxygens (including phenoxy) is 3. The van der Waals surface area contributed by atoms with E-state index in [0.717, 1.165) is 83.5 Å². The third-order valence-corrected chi connectivity index (χ3v) is 14.1. The normalized spacial score (nSPS) is 12.3. The summed E-state index contributed by atoms with van der Waals surface area (Å²) < 4.78 is 16.8.